The second-order valence-electron chi connectivity index (χ2n) is 2.74. The second kappa shape index (κ2) is 2.83. The normalized spacial score (nSPS) is 15.3. The molecule has 1 aliphatic rings. The van der Waals surface area contributed by atoms with Gasteiger partial charge >= 0.3 is 0 Å². The third-order valence-corrected chi connectivity index (χ3v) is 2.12. The molecule has 0 spiro atoms. The van der Waals surface area contributed by atoms with Gasteiger partial charge in [-0.15, -0.1) is 0 Å². The van der Waals surface area contributed by atoms with Crippen molar-refractivity contribution in [2.24, 2.45) is 0 Å². The number of anilines is 1. The maximum Gasteiger partial charge on any atom is 0.161 e. The monoisotopic (exact) mass is 184 g/mol. The van der Waals surface area contributed by atoms with E-state index in [0.29, 0.717) is 11.8 Å². The molecular formula is C8H9ClN2O. The number of rotatable bonds is 0. The Morgan fingerprint density at radius 1 is 1.67 bits per heavy atom. The van der Waals surface area contributed by atoms with E-state index in [1.807, 2.05) is 13.1 Å². The highest BCUT2D eigenvalue weighted by Gasteiger charge is 2.14. The minimum Gasteiger partial charge on any atom is -0.488 e. The van der Waals surface area contributed by atoms with Crippen LogP contribution in [0.2, 0.25) is 5.15 Å². The summed E-state index contributed by atoms with van der Waals surface area (Å²) in [5.41, 5.74) is 1.02. The number of hydrogen-bond donors (Lipinski definition) is 0. The fraction of sp³-hybridized carbons (Fsp3) is 0.375. The topological polar surface area (TPSA) is 25.4 Å². The number of fused-ring (bicyclic) bond motifs is 1. The summed E-state index contributed by atoms with van der Waals surface area (Å²) in [7, 11) is 2.01. The molecule has 0 aromatic carbocycles. The fourth-order valence-electron chi connectivity index (χ4n) is 1.23. The number of likely N-dealkylation sites (N-methyl/N-ethyl adjacent to an activating group) is 1. The van der Waals surface area contributed by atoms with Crippen molar-refractivity contribution in [2.75, 3.05) is 25.1 Å². The maximum absolute atomic E-state index is 5.75. The van der Waals surface area contributed by atoms with Gasteiger partial charge in [-0.1, -0.05) is 11.6 Å². The molecule has 1 aromatic rings. The number of aromatic nitrogens is 1. The lowest BCUT2D eigenvalue weighted by molar-refractivity contribution is 0.310. The predicted octanol–water partition coefficient (Wildman–Crippen LogP) is 1.56. The third-order valence-electron chi connectivity index (χ3n) is 1.91. The standard InChI is InChI=1S/C8H9ClN2O/c1-11-2-3-12-7-5-10-8(9)4-6(7)11/h4-5H,2-3H2,1H3. The van der Waals surface area contributed by atoms with Gasteiger partial charge in [-0.3, -0.25) is 0 Å². The highest BCUT2D eigenvalue weighted by atomic mass is 35.5. The van der Waals surface area contributed by atoms with Gasteiger partial charge in [-0.05, 0) is 0 Å². The lowest BCUT2D eigenvalue weighted by Gasteiger charge is -2.27. The molecule has 64 valence electrons. The van der Waals surface area contributed by atoms with Crippen LogP contribution >= 0.6 is 11.6 Å². The third kappa shape index (κ3) is 1.20. The summed E-state index contributed by atoms with van der Waals surface area (Å²) in [6, 6.07) is 1.82. The molecule has 0 bridgehead atoms. The van der Waals surface area contributed by atoms with Gasteiger partial charge in [-0.2, -0.15) is 0 Å². The van der Waals surface area contributed by atoms with Crippen LogP contribution in [0.15, 0.2) is 12.3 Å². The van der Waals surface area contributed by atoms with E-state index in [9.17, 15) is 0 Å². The Bertz CT molecular complexity index is 303. The van der Waals surface area contributed by atoms with Crippen molar-refractivity contribution in [3.8, 4) is 5.75 Å². The summed E-state index contributed by atoms with van der Waals surface area (Å²) in [4.78, 5) is 6.04. The molecule has 0 saturated heterocycles. The smallest absolute Gasteiger partial charge is 0.161 e. The summed E-state index contributed by atoms with van der Waals surface area (Å²) < 4.78 is 5.39. The van der Waals surface area contributed by atoms with Gasteiger partial charge in [0, 0.05) is 13.1 Å². The lowest BCUT2D eigenvalue weighted by Crippen LogP contribution is -2.28. The Morgan fingerprint density at radius 3 is 3.33 bits per heavy atom. The minimum absolute atomic E-state index is 0.506. The summed E-state index contributed by atoms with van der Waals surface area (Å²) in [6.07, 6.45) is 1.66. The number of ether oxygens (including phenoxy) is 1. The zero-order valence-corrected chi connectivity index (χ0v) is 7.51. The van der Waals surface area contributed by atoms with E-state index in [0.717, 1.165) is 18.0 Å². The zero-order chi connectivity index (χ0) is 8.55. The quantitative estimate of drug-likeness (QED) is 0.573. The van der Waals surface area contributed by atoms with E-state index in [4.69, 9.17) is 16.3 Å². The molecule has 0 unspecified atom stereocenters. The fourth-order valence-corrected chi connectivity index (χ4v) is 1.38. The first-order valence-electron chi connectivity index (χ1n) is 3.77. The van der Waals surface area contributed by atoms with Gasteiger partial charge in [0.15, 0.2) is 5.75 Å². The van der Waals surface area contributed by atoms with Crippen molar-refractivity contribution >= 4 is 17.3 Å². The Hall–Kier alpha value is -0.960. The minimum atomic E-state index is 0.506. The molecule has 1 aromatic heterocycles. The molecule has 2 rings (SSSR count). The van der Waals surface area contributed by atoms with Crippen LogP contribution in [0.5, 0.6) is 5.75 Å². The average molecular weight is 185 g/mol. The molecule has 0 fully saturated rings. The van der Waals surface area contributed by atoms with Crippen molar-refractivity contribution in [2.45, 2.75) is 0 Å². The number of nitrogens with zero attached hydrogens (tertiary/aromatic N) is 2. The van der Waals surface area contributed by atoms with Crippen LogP contribution in [-0.2, 0) is 0 Å². The number of halogens is 1. The molecule has 0 amide bonds. The van der Waals surface area contributed by atoms with Crippen molar-refractivity contribution in [3.63, 3.8) is 0 Å². The summed E-state index contributed by atoms with van der Waals surface area (Å²) >= 11 is 5.75. The molecule has 0 N–H and O–H groups in total. The summed E-state index contributed by atoms with van der Waals surface area (Å²) in [6.45, 7) is 1.61. The first-order chi connectivity index (χ1) is 5.77. The van der Waals surface area contributed by atoms with E-state index in [-0.39, 0.29) is 0 Å². The van der Waals surface area contributed by atoms with Gasteiger partial charge in [0.05, 0.1) is 18.4 Å². The molecule has 12 heavy (non-hydrogen) atoms. The Balaban J connectivity index is 2.47. The first kappa shape index (κ1) is 7.68. The molecule has 2 heterocycles. The maximum atomic E-state index is 5.75. The molecule has 0 radical (unpaired) electrons. The van der Waals surface area contributed by atoms with Crippen LogP contribution < -0.4 is 9.64 Å². The molecule has 4 heteroatoms. The largest absolute Gasteiger partial charge is 0.488 e. The SMILES string of the molecule is CN1CCOc2cnc(Cl)cc21. The van der Waals surface area contributed by atoms with E-state index in [1.165, 1.54) is 0 Å². The lowest BCUT2D eigenvalue weighted by atomic mass is 10.3. The van der Waals surface area contributed by atoms with E-state index in [2.05, 4.69) is 9.88 Å². The number of hydrogen-bond acceptors (Lipinski definition) is 3. The van der Waals surface area contributed by atoms with Crippen LogP contribution in [0.1, 0.15) is 0 Å². The van der Waals surface area contributed by atoms with E-state index in [1.54, 1.807) is 6.20 Å². The predicted molar refractivity (Wildman–Crippen MR) is 48.0 cm³/mol. The summed E-state index contributed by atoms with van der Waals surface area (Å²) in [5, 5.41) is 0.506. The molecule has 0 saturated carbocycles. The van der Waals surface area contributed by atoms with E-state index < -0.39 is 0 Å². The number of pyridine rings is 1. The Labute approximate surface area is 75.9 Å². The zero-order valence-electron chi connectivity index (χ0n) is 6.75. The van der Waals surface area contributed by atoms with Gasteiger partial charge in [0.1, 0.15) is 11.8 Å². The molecule has 1 aliphatic heterocycles. The van der Waals surface area contributed by atoms with Crippen LogP contribution in [0.4, 0.5) is 5.69 Å². The van der Waals surface area contributed by atoms with Gasteiger partial charge < -0.3 is 9.64 Å². The summed E-state index contributed by atoms with van der Waals surface area (Å²) in [5.74, 6) is 0.813. The molecular weight excluding hydrogens is 176 g/mol. The second-order valence-corrected chi connectivity index (χ2v) is 3.13. The van der Waals surface area contributed by atoms with Crippen molar-refractivity contribution in [3.05, 3.63) is 17.4 Å². The van der Waals surface area contributed by atoms with Crippen LogP contribution in [0.25, 0.3) is 0 Å². The van der Waals surface area contributed by atoms with Crippen LogP contribution in [0.3, 0.4) is 0 Å². The van der Waals surface area contributed by atoms with Crippen molar-refractivity contribution in [1.29, 1.82) is 0 Å². The first-order valence-corrected chi connectivity index (χ1v) is 4.14. The van der Waals surface area contributed by atoms with Crippen LogP contribution in [-0.4, -0.2) is 25.2 Å². The highest BCUT2D eigenvalue weighted by molar-refractivity contribution is 6.29. The van der Waals surface area contributed by atoms with E-state index >= 15 is 0 Å². The molecule has 0 aliphatic carbocycles. The van der Waals surface area contributed by atoms with Gasteiger partial charge in [-0.25, -0.2) is 4.98 Å². The van der Waals surface area contributed by atoms with Crippen LogP contribution in [0, 0.1) is 0 Å². The molecule has 3 nitrogen and oxygen atoms in total. The van der Waals surface area contributed by atoms with Crippen molar-refractivity contribution in [1.82, 2.24) is 4.98 Å². The van der Waals surface area contributed by atoms with Gasteiger partial charge in [0.25, 0.3) is 0 Å². The molecule has 0 atom stereocenters. The highest BCUT2D eigenvalue weighted by Crippen LogP contribution is 2.31. The average Bonchev–Trinajstić information content (AvgIpc) is 2.07. The Morgan fingerprint density at radius 2 is 2.50 bits per heavy atom. The Kier molecular flexibility index (Phi) is 1.81. The van der Waals surface area contributed by atoms with Gasteiger partial charge in [0.2, 0.25) is 0 Å². The van der Waals surface area contributed by atoms with Crippen molar-refractivity contribution < 1.29 is 4.74 Å².